The summed E-state index contributed by atoms with van der Waals surface area (Å²) in [5.41, 5.74) is 7.03. The number of nitrogens with zero attached hydrogens (tertiary/aromatic N) is 1. The molecule has 0 aliphatic carbocycles. The lowest BCUT2D eigenvalue weighted by Gasteiger charge is -2.10. The maximum Gasteiger partial charge on any atom is 0.185 e. The van der Waals surface area contributed by atoms with E-state index >= 15 is 0 Å². The quantitative estimate of drug-likeness (QED) is 0.131. The summed E-state index contributed by atoms with van der Waals surface area (Å²) in [6.45, 7) is 4.60. The number of hydrogen-bond acceptors (Lipinski definition) is 1. The highest BCUT2D eigenvalue weighted by Crippen LogP contribution is 2.35. The lowest BCUT2D eigenvalue weighted by molar-refractivity contribution is 0.104. The van der Waals surface area contributed by atoms with E-state index in [1.807, 2.05) is 91.0 Å². The van der Waals surface area contributed by atoms with Gasteiger partial charge in [-0.1, -0.05) is 103 Å². The molecule has 0 saturated heterocycles. The molecule has 0 fully saturated rings. The van der Waals surface area contributed by atoms with Crippen LogP contribution in [0, 0.1) is 0 Å². The van der Waals surface area contributed by atoms with Gasteiger partial charge in [0.25, 0.3) is 0 Å². The molecule has 1 aromatic heterocycles. The minimum Gasteiger partial charge on any atom is -0.336 e. The SMILES string of the molecule is C=CCn1c(-c2ccc(Cl)cc2)c(/C=C/C(=O)c2ccc(-c3ccccc3)cc2)c2ccccc21. The fraction of sp³-hybridized carbons (Fsp3) is 0.0312. The molecule has 4 aromatic carbocycles. The number of halogens is 1. The summed E-state index contributed by atoms with van der Waals surface area (Å²) in [4.78, 5) is 13.1. The van der Waals surface area contributed by atoms with Crippen LogP contribution in [0.3, 0.4) is 0 Å². The standard InChI is InChI=1S/C32H24ClNO/c1-2-22-34-30-11-7-6-10-28(30)29(32(34)26-16-18-27(33)19-17-26)20-21-31(35)25-14-12-24(13-15-25)23-8-4-3-5-9-23/h2-21H,1,22H2/b21-20+. The van der Waals surface area contributed by atoms with E-state index in [0.29, 0.717) is 17.1 Å². The predicted octanol–water partition coefficient (Wildman–Crippen LogP) is 8.71. The van der Waals surface area contributed by atoms with Gasteiger partial charge in [-0.3, -0.25) is 4.79 Å². The lowest BCUT2D eigenvalue weighted by Crippen LogP contribution is -1.98. The molecule has 5 aromatic rings. The third-order valence-corrected chi connectivity index (χ3v) is 6.37. The van der Waals surface area contributed by atoms with Gasteiger partial charge in [-0.2, -0.15) is 0 Å². The van der Waals surface area contributed by atoms with Gasteiger partial charge in [0.1, 0.15) is 0 Å². The zero-order valence-electron chi connectivity index (χ0n) is 19.2. The van der Waals surface area contributed by atoms with Gasteiger partial charge < -0.3 is 4.57 Å². The van der Waals surface area contributed by atoms with Crippen molar-refractivity contribution >= 4 is 34.4 Å². The molecule has 0 saturated carbocycles. The molecule has 170 valence electrons. The highest BCUT2D eigenvalue weighted by molar-refractivity contribution is 6.30. The Labute approximate surface area is 210 Å². The number of para-hydroxylation sites is 1. The summed E-state index contributed by atoms with van der Waals surface area (Å²) in [5.74, 6) is -0.0350. The van der Waals surface area contributed by atoms with Crippen LogP contribution in [-0.4, -0.2) is 10.4 Å². The fourth-order valence-electron chi connectivity index (χ4n) is 4.45. The van der Waals surface area contributed by atoms with E-state index in [1.54, 1.807) is 6.08 Å². The number of fused-ring (bicyclic) bond motifs is 1. The first-order chi connectivity index (χ1) is 17.2. The van der Waals surface area contributed by atoms with E-state index < -0.39 is 0 Å². The summed E-state index contributed by atoms with van der Waals surface area (Å²) in [5, 5.41) is 1.77. The van der Waals surface area contributed by atoms with Crippen molar-refractivity contribution < 1.29 is 4.79 Å². The highest BCUT2D eigenvalue weighted by atomic mass is 35.5. The first-order valence-corrected chi connectivity index (χ1v) is 11.9. The molecule has 0 atom stereocenters. The van der Waals surface area contributed by atoms with Gasteiger partial charge in [0.2, 0.25) is 0 Å². The molecular formula is C32H24ClNO. The molecule has 5 rings (SSSR count). The predicted molar refractivity (Wildman–Crippen MR) is 148 cm³/mol. The van der Waals surface area contributed by atoms with Crippen LogP contribution >= 0.6 is 11.6 Å². The van der Waals surface area contributed by atoms with Crippen LogP contribution in [0.4, 0.5) is 0 Å². The molecule has 0 amide bonds. The van der Waals surface area contributed by atoms with Gasteiger partial charge in [-0.15, -0.1) is 6.58 Å². The molecule has 0 unspecified atom stereocenters. The molecule has 0 aliphatic heterocycles. The Kier molecular flexibility index (Phi) is 6.47. The minimum atomic E-state index is -0.0350. The van der Waals surface area contributed by atoms with Crippen molar-refractivity contribution in [3.63, 3.8) is 0 Å². The van der Waals surface area contributed by atoms with Crippen LogP contribution in [0.25, 0.3) is 39.4 Å². The molecule has 2 nitrogen and oxygen atoms in total. The zero-order valence-corrected chi connectivity index (χ0v) is 20.0. The van der Waals surface area contributed by atoms with E-state index in [1.165, 1.54) is 0 Å². The van der Waals surface area contributed by atoms with Gasteiger partial charge in [0.15, 0.2) is 5.78 Å². The molecule has 0 N–H and O–H groups in total. The summed E-state index contributed by atoms with van der Waals surface area (Å²) >= 11 is 6.16. The number of hydrogen-bond donors (Lipinski definition) is 0. The van der Waals surface area contributed by atoms with Crippen LogP contribution in [0.15, 0.2) is 122 Å². The van der Waals surface area contributed by atoms with Gasteiger partial charge in [0.05, 0.1) is 5.69 Å². The maximum atomic E-state index is 13.1. The topological polar surface area (TPSA) is 22.0 Å². The fourth-order valence-corrected chi connectivity index (χ4v) is 4.58. The average Bonchev–Trinajstić information content (AvgIpc) is 3.22. The normalized spacial score (nSPS) is 11.2. The second kappa shape index (κ2) is 10.0. The Morgan fingerprint density at radius 3 is 2.11 bits per heavy atom. The number of carbonyl (C=O) groups is 1. The van der Waals surface area contributed by atoms with Crippen molar-refractivity contribution in [2.75, 3.05) is 0 Å². The van der Waals surface area contributed by atoms with Crippen LogP contribution < -0.4 is 0 Å². The van der Waals surface area contributed by atoms with Crippen molar-refractivity contribution in [2.24, 2.45) is 0 Å². The summed E-state index contributed by atoms with van der Waals surface area (Å²) in [7, 11) is 0. The lowest BCUT2D eigenvalue weighted by atomic mass is 10.0. The van der Waals surface area contributed by atoms with Crippen molar-refractivity contribution in [2.45, 2.75) is 6.54 Å². The zero-order chi connectivity index (χ0) is 24.2. The van der Waals surface area contributed by atoms with Crippen LogP contribution in [0.1, 0.15) is 15.9 Å². The van der Waals surface area contributed by atoms with Crippen LogP contribution in [-0.2, 0) is 6.54 Å². The Morgan fingerprint density at radius 1 is 0.771 bits per heavy atom. The average molecular weight is 474 g/mol. The van der Waals surface area contributed by atoms with Crippen molar-refractivity contribution in [1.29, 1.82) is 0 Å². The Morgan fingerprint density at radius 2 is 1.40 bits per heavy atom. The molecule has 0 aliphatic rings. The number of allylic oxidation sites excluding steroid dienone is 2. The van der Waals surface area contributed by atoms with E-state index in [2.05, 4.69) is 35.4 Å². The molecular weight excluding hydrogens is 450 g/mol. The summed E-state index contributed by atoms with van der Waals surface area (Å²) < 4.78 is 2.23. The van der Waals surface area contributed by atoms with Gasteiger partial charge >= 0.3 is 0 Å². The number of rotatable bonds is 7. The maximum absolute atomic E-state index is 13.1. The summed E-state index contributed by atoms with van der Waals surface area (Å²) in [6.07, 6.45) is 5.48. The Bertz CT molecular complexity index is 1530. The van der Waals surface area contributed by atoms with E-state index in [4.69, 9.17) is 11.6 Å². The molecule has 1 heterocycles. The number of aromatic nitrogens is 1. The Hall–Kier alpha value is -4.14. The monoisotopic (exact) mass is 473 g/mol. The first kappa shape index (κ1) is 22.6. The smallest absolute Gasteiger partial charge is 0.185 e. The highest BCUT2D eigenvalue weighted by Gasteiger charge is 2.16. The second-order valence-corrected chi connectivity index (χ2v) is 8.76. The van der Waals surface area contributed by atoms with Crippen LogP contribution in [0.5, 0.6) is 0 Å². The molecule has 0 spiro atoms. The van der Waals surface area contributed by atoms with Crippen molar-refractivity contribution in [3.05, 3.63) is 138 Å². The van der Waals surface area contributed by atoms with Crippen LogP contribution in [0.2, 0.25) is 5.02 Å². The van der Waals surface area contributed by atoms with Gasteiger partial charge in [0, 0.05) is 33.6 Å². The number of benzene rings is 4. The van der Waals surface area contributed by atoms with Crippen molar-refractivity contribution in [3.8, 4) is 22.4 Å². The molecule has 35 heavy (non-hydrogen) atoms. The van der Waals surface area contributed by atoms with E-state index in [0.717, 1.165) is 38.9 Å². The van der Waals surface area contributed by atoms with E-state index in [9.17, 15) is 4.79 Å². The van der Waals surface area contributed by atoms with E-state index in [-0.39, 0.29) is 5.78 Å². The number of ketones is 1. The Balaban J connectivity index is 1.55. The molecule has 0 radical (unpaired) electrons. The second-order valence-electron chi connectivity index (χ2n) is 8.33. The molecule has 3 heteroatoms. The largest absolute Gasteiger partial charge is 0.336 e. The third kappa shape index (κ3) is 4.62. The third-order valence-electron chi connectivity index (χ3n) is 6.12. The number of carbonyl (C=O) groups excluding carboxylic acids is 1. The van der Waals surface area contributed by atoms with Gasteiger partial charge in [-0.05, 0) is 47.0 Å². The van der Waals surface area contributed by atoms with Crippen molar-refractivity contribution in [1.82, 2.24) is 4.57 Å². The molecule has 0 bridgehead atoms. The summed E-state index contributed by atoms with van der Waals surface area (Å²) in [6, 6.07) is 33.9. The minimum absolute atomic E-state index is 0.0350. The van der Waals surface area contributed by atoms with Gasteiger partial charge in [-0.25, -0.2) is 0 Å². The first-order valence-electron chi connectivity index (χ1n) is 11.5.